The van der Waals surface area contributed by atoms with Gasteiger partial charge in [-0.25, -0.2) is 0 Å². The van der Waals surface area contributed by atoms with Crippen LogP contribution in [0.4, 0.5) is 0 Å². The molecule has 0 saturated carbocycles. The molecule has 20 heavy (non-hydrogen) atoms. The molecule has 1 heterocycles. The summed E-state index contributed by atoms with van der Waals surface area (Å²) in [6.07, 6.45) is 12.3. The summed E-state index contributed by atoms with van der Waals surface area (Å²) in [5.41, 5.74) is 3.72. The van der Waals surface area contributed by atoms with Gasteiger partial charge in [0.15, 0.2) is 0 Å². The van der Waals surface area contributed by atoms with Gasteiger partial charge in [-0.3, -0.25) is 4.90 Å². The lowest BCUT2D eigenvalue weighted by atomic mass is 10.1. The van der Waals surface area contributed by atoms with Crippen LogP contribution < -0.4 is 0 Å². The maximum absolute atomic E-state index is 4.44. The van der Waals surface area contributed by atoms with Crippen molar-refractivity contribution in [3.8, 4) is 0 Å². The van der Waals surface area contributed by atoms with Crippen molar-refractivity contribution in [1.29, 1.82) is 0 Å². The van der Waals surface area contributed by atoms with E-state index in [4.69, 9.17) is 0 Å². The van der Waals surface area contributed by atoms with Gasteiger partial charge in [0.1, 0.15) is 0 Å². The van der Waals surface area contributed by atoms with E-state index in [2.05, 4.69) is 81.0 Å². The Bertz CT molecular complexity index is 446. The van der Waals surface area contributed by atoms with Gasteiger partial charge in [0, 0.05) is 5.70 Å². The average molecular weight is 290 g/mol. The van der Waals surface area contributed by atoms with Crippen molar-refractivity contribution in [2.75, 3.05) is 13.3 Å². The smallest absolute Gasteiger partial charge is 0.0741 e. The van der Waals surface area contributed by atoms with Crippen LogP contribution in [0.1, 0.15) is 27.7 Å². The summed E-state index contributed by atoms with van der Waals surface area (Å²) >= 11 is 4.44. The minimum absolute atomic E-state index is 0.319. The second kappa shape index (κ2) is 8.18. The molecule has 0 amide bonds. The Morgan fingerprint density at radius 2 is 1.85 bits per heavy atom. The van der Waals surface area contributed by atoms with Gasteiger partial charge in [0.25, 0.3) is 0 Å². The van der Waals surface area contributed by atoms with Gasteiger partial charge in [-0.05, 0) is 39.3 Å². The molecule has 110 valence electrons. The fraction of sp³-hybridized carbons (Fsp3) is 0.412. The lowest BCUT2D eigenvalue weighted by Crippen LogP contribution is -2.56. The Kier molecular flexibility index (Phi) is 6.89. The molecule has 0 bridgehead atoms. The van der Waals surface area contributed by atoms with Crippen LogP contribution in [-0.2, 0) is 0 Å². The van der Waals surface area contributed by atoms with Crippen LogP contribution >= 0.6 is 12.6 Å². The third-order valence-electron chi connectivity index (χ3n) is 3.14. The molecule has 2 nitrogen and oxygen atoms in total. The van der Waals surface area contributed by atoms with Gasteiger partial charge in [-0.1, -0.05) is 42.5 Å². The third-order valence-corrected chi connectivity index (χ3v) is 3.46. The van der Waals surface area contributed by atoms with E-state index in [1.54, 1.807) is 0 Å². The first-order chi connectivity index (χ1) is 9.43. The summed E-state index contributed by atoms with van der Waals surface area (Å²) in [6, 6.07) is 0. The Balaban J connectivity index is 2.68. The monoisotopic (exact) mass is 290 g/mol. The predicted molar refractivity (Wildman–Crippen MR) is 92.5 cm³/mol. The van der Waals surface area contributed by atoms with Gasteiger partial charge >= 0.3 is 0 Å². The highest BCUT2D eigenvalue weighted by atomic mass is 32.1. The van der Waals surface area contributed by atoms with Gasteiger partial charge in [0.2, 0.25) is 0 Å². The van der Waals surface area contributed by atoms with Gasteiger partial charge in [0.05, 0.1) is 18.7 Å². The Hall–Kier alpha value is -1.19. The van der Waals surface area contributed by atoms with E-state index in [9.17, 15) is 0 Å². The molecule has 1 unspecified atom stereocenters. The minimum atomic E-state index is 0.319. The number of allylic oxidation sites excluding steroid dienone is 9. The van der Waals surface area contributed by atoms with E-state index >= 15 is 0 Å². The summed E-state index contributed by atoms with van der Waals surface area (Å²) < 4.78 is 0. The molecule has 1 atom stereocenters. The SMILES string of the molecule is C=C/C=C(/C=C\C=C(C)C)\C=C(/C)N1CN(C(C)S)C1. The van der Waals surface area contributed by atoms with E-state index in [1.807, 2.05) is 12.2 Å². The fourth-order valence-electron chi connectivity index (χ4n) is 1.83. The second-order valence-electron chi connectivity index (χ2n) is 5.33. The number of thiol groups is 1. The van der Waals surface area contributed by atoms with Crippen molar-refractivity contribution in [3.05, 3.63) is 59.9 Å². The molecule has 0 aliphatic carbocycles. The van der Waals surface area contributed by atoms with Crippen LogP contribution in [0.15, 0.2) is 59.9 Å². The Morgan fingerprint density at radius 1 is 1.20 bits per heavy atom. The van der Waals surface area contributed by atoms with Crippen molar-refractivity contribution in [3.63, 3.8) is 0 Å². The number of rotatable bonds is 6. The van der Waals surface area contributed by atoms with E-state index in [1.165, 1.54) is 11.3 Å². The molecule has 1 fully saturated rings. The van der Waals surface area contributed by atoms with E-state index in [0.29, 0.717) is 5.37 Å². The first-order valence-corrected chi connectivity index (χ1v) is 7.45. The molecule has 1 saturated heterocycles. The van der Waals surface area contributed by atoms with Crippen LogP contribution in [0.5, 0.6) is 0 Å². The first kappa shape index (κ1) is 16.9. The molecule has 0 radical (unpaired) electrons. The van der Waals surface area contributed by atoms with Crippen molar-refractivity contribution in [2.24, 2.45) is 0 Å². The third kappa shape index (κ3) is 5.43. The summed E-state index contributed by atoms with van der Waals surface area (Å²) in [5, 5.41) is 0.319. The van der Waals surface area contributed by atoms with Crippen LogP contribution in [0.2, 0.25) is 0 Å². The van der Waals surface area contributed by atoms with Crippen LogP contribution in [-0.4, -0.2) is 28.5 Å². The van der Waals surface area contributed by atoms with Crippen molar-refractivity contribution >= 4 is 12.6 Å². The second-order valence-corrected chi connectivity index (χ2v) is 6.08. The van der Waals surface area contributed by atoms with Gasteiger partial charge in [-0.2, -0.15) is 12.6 Å². The molecule has 0 N–H and O–H groups in total. The molecule has 0 aromatic carbocycles. The van der Waals surface area contributed by atoms with Gasteiger partial charge < -0.3 is 4.90 Å². The molecule has 1 aliphatic rings. The lowest BCUT2D eigenvalue weighted by Gasteiger charge is -2.46. The maximum Gasteiger partial charge on any atom is 0.0741 e. The summed E-state index contributed by atoms with van der Waals surface area (Å²) in [7, 11) is 0. The van der Waals surface area contributed by atoms with Crippen LogP contribution in [0.3, 0.4) is 0 Å². The van der Waals surface area contributed by atoms with E-state index in [0.717, 1.165) is 18.9 Å². The average Bonchev–Trinajstić information content (AvgIpc) is 2.25. The molecule has 0 spiro atoms. The molecular weight excluding hydrogens is 264 g/mol. The van der Waals surface area contributed by atoms with E-state index < -0.39 is 0 Å². The standard InChI is InChI=1S/C17H26N2S/c1-6-8-17(10-7-9-14(2)3)11-15(4)18-12-19(13-18)16(5)20/h6-11,16,20H,1,12-13H2,2-5H3/b10-7-,15-11+,17-8-. The lowest BCUT2D eigenvalue weighted by molar-refractivity contribution is -0.00612. The first-order valence-electron chi connectivity index (χ1n) is 6.93. The zero-order valence-corrected chi connectivity index (χ0v) is 13.9. The molecule has 1 rings (SSSR count). The zero-order chi connectivity index (χ0) is 15.1. The van der Waals surface area contributed by atoms with E-state index in [-0.39, 0.29) is 0 Å². The van der Waals surface area contributed by atoms with Crippen molar-refractivity contribution in [2.45, 2.75) is 33.1 Å². The number of nitrogens with zero attached hydrogens (tertiary/aromatic N) is 2. The largest absolute Gasteiger partial charge is 0.349 e. The highest BCUT2D eigenvalue weighted by molar-refractivity contribution is 7.80. The highest BCUT2D eigenvalue weighted by Crippen LogP contribution is 2.20. The predicted octanol–water partition coefficient (Wildman–Crippen LogP) is 4.33. The normalized spacial score (nSPS) is 18.9. The number of hydrogen-bond donors (Lipinski definition) is 1. The molecule has 3 heteroatoms. The zero-order valence-electron chi connectivity index (χ0n) is 13.0. The minimum Gasteiger partial charge on any atom is -0.349 e. The topological polar surface area (TPSA) is 6.48 Å². The van der Waals surface area contributed by atoms with Crippen LogP contribution in [0, 0.1) is 0 Å². The van der Waals surface area contributed by atoms with Crippen molar-refractivity contribution in [1.82, 2.24) is 9.80 Å². The maximum atomic E-state index is 4.44. The molecule has 0 aromatic heterocycles. The van der Waals surface area contributed by atoms with Gasteiger partial charge in [-0.15, -0.1) is 0 Å². The molecular formula is C17H26N2S. The Morgan fingerprint density at radius 3 is 2.35 bits per heavy atom. The molecule has 0 aromatic rings. The summed E-state index contributed by atoms with van der Waals surface area (Å²) in [5.74, 6) is 0. The van der Waals surface area contributed by atoms with Crippen LogP contribution in [0.25, 0.3) is 0 Å². The quantitative estimate of drug-likeness (QED) is 0.574. The number of hydrogen-bond acceptors (Lipinski definition) is 3. The summed E-state index contributed by atoms with van der Waals surface area (Å²) in [6.45, 7) is 14.1. The highest BCUT2D eigenvalue weighted by Gasteiger charge is 2.25. The summed E-state index contributed by atoms with van der Waals surface area (Å²) in [4.78, 5) is 4.63. The fourth-order valence-corrected chi connectivity index (χ4v) is 1.97. The van der Waals surface area contributed by atoms with Crippen molar-refractivity contribution < 1.29 is 0 Å². The molecule has 1 aliphatic heterocycles. The Labute approximate surface area is 129 Å².